The third kappa shape index (κ3) is 4.66. The minimum absolute atomic E-state index is 0. The van der Waals surface area contributed by atoms with Crippen molar-refractivity contribution in [2.24, 2.45) is 0 Å². The molecule has 0 aliphatic carbocycles. The summed E-state index contributed by atoms with van der Waals surface area (Å²) in [5.41, 5.74) is 0. The molecule has 0 aliphatic rings. The second-order valence-electron chi connectivity index (χ2n) is 6.62. The molecule has 0 saturated heterocycles. The van der Waals surface area contributed by atoms with Crippen molar-refractivity contribution >= 4 is 10.1 Å². The van der Waals surface area contributed by atoms with Crippen LogP contribution in [0, 0.1) is 0 Å². The Morgan fingerprint density at radius 1 is 0.459 bits per heavy atom. The van der Waals surface area contributed by atoms with Crippen LogP contribution < -0.4 is 29.6 Å². The maximum Gasteiger partial charge on any atom is 1.00 e. The molecule has 0 radical (unpaired) electrons. The normalized spacial score (nSPS) is 16.5. The van der Waals surface area contributed by atoms with Crippen LogP contribution in [0.1, 0.15) is 13.3 Å². The van der Waals surface area contributed by atoms with Crippen molar-refractivity contribution in [3.8, 4) is 0 Å². The molecule has 25 heteroatoms. The number of halogens is 20. The van der Waals surface area contributed by atoms with E-state index in [0.717, 1.165) is 0 Å². The SMILES string of the molecule is CCC(F)(F)C(F)(F)C(F)(F)C(F)(F)C(F)(F)C(F)(F)C(F)(F)C(F)(F)C(F)(F)C(F)(F)S(=O)(=O)[O-].[Na+]. The Bertz CT molecular complexity index is 942. The Morgan fingerprint density at radius 2 is 0.649 bits per heavy atom. The van der Waals surface area contributed by atoms with Crippen LogP contribution in [0.15, 0.2) is 0 Å². The quantitative estimate of drug-likeness (QED) is 0.200. The fourth-order valence-corrected chi connectivity index (χ4v) is 2.42. The number of alkyl halides is 20. The summed E-state index contributed by atoms with van der Waals surface area (Å²) in [5.74, 6) is -77.5. The van der Waals surface area contributed by atoms with Crippen molar-refractivity contribution in [1.29, 1.82) is 0 Å². The van der Waals surface area contributed by atoms with Gasteiger partial charge in [-0.1, -0.05) is 6.92 Å². The van der Waals surface area contributed by atoms with Gasteiger partial charge in [0.25, 0.3) is 0 Å². The van der Waals surface area contributed by atoms with Gasteiger partial charge in [-0.05, 0) is 0 Å². The Balaban J connectivity index is 0. The fourth-order valence-electron chi connectivity index (χ4n) is 1.97. The molecule has 0 rings (SSSR count). The van der Waals surface area contributed by atoms with Gasteiger partial charge in [0.2, 0.25) is 0 Å². The Labute approximate surface area is 212 Å². The predicted molar refractivity (Wildman–Crippen MR) is 69.5 cm³/mol. The summed E-state index contributed by atoms with van der Waals surface area (Å²) in [6, 6.07) is 0. The third-order valence-corrected chi connectivity index (χ3v) is 5.23. The standard InChI is InChI=1S/C12H6F20O3S.Na/c1-2-3(13,14)4(15,16)5(17,18)6(19,20)7(21,22)8(23,24)9(25,26)10(27,28)11(29,30)12(31,32)36(33,34)35;/h2H2,1H3,(H,33,34,35);/q;+1/p-1. The summed E-state index contributed by atoms with van der Waals surface area (Å²) in [4.78, 5) is 0. The molecule has 0 amide bonds. The molecule has 0 atom stereocenters. The van der Waals surface area contributed by atoms with Crippen LogP contribution in [0.4, 0.5) is 87.8 Å². The zero-order valence-electron chi connectivity index (χ0n) is 16.9. The first-order valence-electron chi connectivity index (χ1n) is 7.79. The first-order chi connectivity index (χ1) is 15.1. The monoisotopic (exact) mass is 632 g/mol. The second-order valence-corrected chi connectivity index (χ2v) is 8.05. The van der Waals surface area contributed by atoms with Crippen molar-refractivity contribution in [3.63, 3.8) is 0 Å². The molecule has 0 aromatic heterocycles. The van der Waals surface area contributed by atoms with Crippen molar-refractivity contribution in [3.05, 3.63) is 0 Å². The third-order valence-electron chi connectivity index (χ3n) is 4.34. The van der Waals surface area contributed by atoms with Gasteiger partial charge in [-0.15, -0.1) is 0 Å². The van der Waals surface area contributed by atoms with E-state index < -0.39 is 75.1 Å². The topological polar surface area (TPSA) is 57.2 Å². The molecule has 0 spiro atoms. The largest absolute Gasteiger partial charge is 1.00 e. The van der Waals surface area contributed by atoms with Crippen LogP contribution >= 0.6 is 0 Å². The van der Waals surface area contributed by atoms with Crippen molar-refractivity contribution in [1.82, 2.24) is 0 Å². The van der Waals surface area contributed by atoms with Crippen molar-refractivity contribution in [2.45, 2.75) is 71.9 Å². The summed E-state index contributed by atoms with van der Waals surface area (Å²) in [6.07, 6.45) is -2.67. The van der Waals surface area contributed by atoms with Crippen LogP contribution in [0.25, 0.3) is 0 Å². The van der Waals surface area contributed by atoms with Crippen molar-refractivity contribution in [2.75, 3.05) is 0 Å². The van der Waals surface area contributed by atoms with Gasteiger partial charge in [0.05, 0.1) is 0 Å². The Hall–Kier alpha value is -0.490. The molecule has 218 valence electrons. The Kier molecular flexibility index (Phi) is 9.99. The van der Waals surface area contributed by atoms with Gasteiger partial charge in [0.15, 0.2) is 10.1 Å². The van der Waals surface area contributed by atoms with Gasteiger partial charge in [-0.2, -0.15) is 87.8 Å². The molecule has 3 nitrogen and oxygen atoms in total. The maximum atomic E-state index is 13.5. The van der Waals surface area contributed by atoms with E-state index in [2.05, 4.69) is 0 Å². The first-order valence-corrected chi connectivity index (χ1v) is 9.20. The minimum atomic E-state index is -9.28. The second kappa shape index (κ2) is 9.56. The summed E-state index contributed by atoms with van der Waals surface area (Å²) < 4.78 is 295. The zero-order chi connectivity index (χ0) is 30.2. The average Bonchev–Trinajstić information content (AvgIpc) is 2.65. The molecule has 0 aromatic rings. The molecule has 0 bridgehead atoms. The van der Waals surface area contributed by atoms with Crippen LogP contribution in [0.3, 0.4) is 0 Å². The first kappa shape index (κ1) is 38.7. The van der Waals surface area contributed by atoms with E-state index in [9.17, 15) is 101 Å². The van der Waals surface area contributed by atoms with E-state index in [1.54, 1.807) is 0 Å². The molecule has 0 N–H and O–H groups in total. The van der Waals surface area contributed by atoms with Crippen molar-refractivity contribution < 1.29 is 130 Å². The van der Waals surface area contributed by atoms with Crippen LogP contribution in [0.5, 0.6) is 0 Å². The van der Waals surface area contributed by atoms with Gasteiger partial charge in [0, 0.05) is 6.42 Å². The zero-order valence-corrected chi connectivity index (χ0v) is 19.7. The van der Waals surface area contributed by atoms with E-state index in [1.807, 2.05) is 0 Å². The van der Waals surface area contributed by atoms with Gasteiger partial charge in [-0.25, -0.2) is 8.42 Å². The molecular weight excluding hydrogens is 627 g/mol. The number of rotatable bonds is 11. The Morgan fingerprint density at radius 3 is 0.838 bits per heavy atom. The number of hydrogen-bond acceptors (Lipinski definition) is 3. The maximum absolute atomic E-state index is 13.5. The number of hydrogen-bond donors (Lipinski definition) is 0. The minimum Gasteiger partial charge on any atom is -0.743 e. The predicted octanol–water partition coefficient (Wildman–Crippen LogP) is 3.26. The average molecular weight is 632 g/mol. The van der Waals surface area contributed by atoms with E-state index in [4.69, 9.17) is 0 Å². The van der Waals surface area contributed by atoms with Crippen LogP contribution in [-0.4, -0.2) is 71.5 Å². The molecular formula is C12H5F20NaO3S. The molecule has 0 aliphatic heterocycles. The molecule has 0 saturated carbocycles. The summed E-state index contributed by atoms with van der Waals surface area (Å²) >= 11 is 0. The van der Waals surface area contributed by atoms with E-state index >= 15 is 0 Å². The van der Waals surface area contributed by atoms with Gasteiger partial charge >= 0.3 is 88.1 Å². The summed E-state index contributed by atoms with van der Waals surface area (Å²) in [7, 11) is -8.30. The molecule has 0 fully saturated rings. The molecule has 0 aromatic carbocycles. The van der Waals surface area contributed by atoms with E-state index in [-0.39, 0.29) is 36.5 Å². The van der Waals surface area contributed by atoms with Crippen LogP contribution in [0.2, 0.25) is 0 Å². The summed E-state index contributed by atoms with van der Waals surface area (Å²) in [6.45, 7) is -0.226. The smallest absolute Gasteiger partial charge is 0.743 e. The molecule has 0 heterocycles. The van der Waals surface area contributed by atoms with Crippen LogP contribution in [-0.2, 0) is 10.1 Å². The fraction of sp³-hybridized carbons (Fsp3) is 1.00. The van der Waals surface area contributed by atoms with Gasteiger partial charge in [-0.3, -0.25) is 0 Å². The van der Waals surface area contributed by atoms with Gasteiger partial charge < -0.3 is 4.55 Å². The molecule has 0 unspecified atom stereocenters. The van der Waals surface area contributed by atoms with E-state index in [0.29, 0.717) is 0 Å². The summed E-state index contributed by atoms with van der Waals surface area (Å²) in [5, 5.41) is -8.12. The van der Waals surface area contributed by atoms with E-state index in [1.165, 1.54) is 0 Å². The molecule has 37 heavy (non-hydrogen) atoms. The van der Waals surface area contributed by atoms with Gasteiger partial charge in [0.1, 0.15) is 0 Å².